The summed E-state index contributed by atoms with van der Waals surface area (Å²) >= 11 is 0. The number of H-pyrrole nitrogens is 1. The van der Waals surface area contributed by atoms with E-state index in [1.165, 1.54) is 0 Å². The molecule has 0 saturated carbocycles. The summed E-state index contributed by atoms with van der Waals surface area (Å²) in [5, 5.41) is 0.989. The smallest absolute Gasteiger partial charge is 0.329 e. The molecule has 3 heterocycles. The van der Waals surface area contributed by atoms with Crippen LogP contribution in [0.25, 0.3) is 33.5 Å². The van der Waals surface area contributed by atoms with Crippen LogP contribution in [-0.4, -0.2) is 31.6 Å². The number of methoxy groups -OCH3 is 1. The molecule has 29 heavy (non-hydrogen) atoms. The molecule has 7 heteroatoms. The predicted molar refractivity (Wildman–Crippen MR) is 111 cm³/mol. The number of hydrogen-bond donors (Lipinski definition) is 1. The van der Waals surface area contributed by atoms with Gasteiger partial charge in [-0.3, -0.25) is 14.5 Å². The minimum Gasteiger partial charge on any atom is -0.497 e. The lowest BCUT2D eigenvalue weighted by Gasteiger charge is -2.07. The first-order valence-corrected chi connectivity index (χ1v) is 9.15. The maximum atomic E-state index is 12.5. The first-order chi connectivity index (χ1) is 14.2. The van der Waals surface area contributed by atoms with Crippen LogP contribution >= 0.6 is 0 Å². The highest BCUT2D eigenvalue weighted by Crippen LogP contribution is 2.26. The molecule has 5 rings (SSSR count). The molecule has 5 aromatic rings. The van der Waals surface area contributed by atoms with Crippen molar-refractivity contribution in [2.75, 3.05) is 7.11 Å². The molecule has 0 saturated heterocycles. The van der Waals surface area contributed by atoms with E-state index in [0.717, 1.165) is 27.8 Å². The number of aromatic amines is 1. The fourth-order valence-corrected chi connectivity index (χ4v) is 3.44. The minimum absolute atomic E-state index is 0.243. The van der Waals surface area contributed by atoms with Crippen molar-refractivity contribution < 1.29 is 4.74 Å². The van der Waals surface area contributed by atoms with Gasteiger partial charge < -0.3 is 4.74 Å². The predicted octanol–water partition coefficient (Wildman–Crippen LogP) is 3.39. The van der Waals surface area contributed by atoms with Crippen molar-refractivity contribution >= 4 is 22.2 Å². The van der Waals surface area contributed by atoms with Gasteiger partial charge in [-0.2, -0.15) is 0 Å². The number of fused-ring (bicyclic) bond motifs is 2. The van der Waals surface area contributed by atoms with Gasteiger partial charge in [0.05, 0.1) is 31.1 Å². The lowest BCUT2D eigenvalue weighted by Crippen LogP contribution is -2.17. The van der Waals surface area contributed by atoms with Crippen LogP contribution in [-0.2, 0) is 6.54 Å². The third-order valence-corrected chi connectivity index (χ3v) is 4.90. The summed E-state index contributed by atoms with van der Waals surface area (Å²) in [6.07, 6.45) is 3.44. The van der Waals surface area contributed by atoms with Gasteiger partial charge in [-0.1, -0.05) is 30.3 Å². The van der Waals surface area contributed by atoms with E-state index < -0.39 is 0 Å². The van der Waals surface area contributed by atoms with Gasteiger partial charge in [-0.15, -0.1) is 0 Å². The second kappa shape index (κ2) is 6.87. The lowest BCUT2D eigenvalue weighted by molar-refractivity contribution is 0.414. The van der Waals surface area contributed by atoms with Crippen LogP contribution in [0.5, 0.6) is 5.75 Å². The van der Waals surface area contributed by atoms with Crippen LogP contribution in [0.1, 0.15) is 5.56 Å². The van der Waals surface area contributed by atoms with Crippen LogP contribution in [0.2, 0.25) is 0 Å². The highest BCUT2D eigenvalue weighted by atomic mass is 16.5. The number of benzene rings is 2. The van der Waals surface area contributed by atoms with Gasteiger partial charge >= 0.3 is 5.69 Å². The molecule has 0 fully saturated rings. The average Bonchev–Trinajstić information content (AvgIpc) is 3.08. The number of ether oxygens (including phenoxy) is 1. The van der Waals surface area contributed by atoms with Crippen LogP contribution < -0.4 is 10.4 Å². The molecule has 2 aromatic carbocycles. The van der Waals surface area contributed by atoms with Gasteiger partial charge in [0, 0.05) is 17.1 Å². The van der Waals surface area contributed by atoms with E-state index in [1.807, 2.05) is 54.6 Å². The Kier molecular flexibility index (Phi) is 4.05. The molecule has 0 aliphatic carbocycles. The summed E-state index contributed by atoms with van der Waals surface area (Å²) in [5.74, 6) is 0.770. The van der Waals surface area contributed by atoms with Crippen LogP contribution in [0.3, 0.4) is 0 Å². The first-order valence-electron chi connectivity index (χ1n) is 9.15. The number of nitrogens with one attached hydrogen (secondary N) is 1. The number of rotatable bonds is 4. The van der Waals surface area contributed by atoms with Gasteiger partial charge in [-0.05, 0) is 29.8 Å². The molecule has 0 spiro atoms. The molecule has 3 aromatic heterocycles. The third-order valence-electron chi connectivity index (χ3n) is 4.90. The second-order valence-corrected chi connectivity index (χ2v) is 6.67. The number of pyridine rings is 1. The van der Waals surface area contributed by atoms with Crippen LogP contribution in [0.15, 0.2) is 71.8 Å². The number of aromatic nitrogens is 5. The summed E-state index contributed by atoms with van der Waals surface area (Å²) in [4.78, 5) is 28.9. The lowest BCUT2D eigenvalue weighted by atomic mass is 10.1. The molecule has 0 radical (unpaired) electrons. The highest BCUT2D eigenvalue weighted by Gasteiger charge is 2.13. The summed E-state index contributed by atoms with van der Waals surface area (Å²) in [5.41, 5.74) is 4.21. The normalized spacial score (nSPS) is 11.2. The van der Waals surface area contributed by atoms with Crippen molar-refractivity contribution in [2.24, 2.45) is 0 Å². The highest BCUT2D eigenvalue weighted by molar-refractivity contribution is 5.93. The van der Waals surface area contributed by atoms with E-state index >= 15 is 0 Å². The maximum absolute atomic E-state index is 12.5. The Morgan fingerprint density at radius 3 is 2.72 bits per heavy atom. The minimum atomic E-state index is -0.243. The monoisotopic (exact) mass is 383 g/mol. The maximum Gasteiger partial charge on any atom is 0.329 e. The van der Waals surface area contributed by atoms with Crippen molar-refractivity contribution in [1.29, 1.82) is 0 Å². The van der Waals surface area contributed by atoms with Crippen LogP contribution in [0.4, 0.5) is 0 Å². The van der Waals surface area contributed by atoms with Crippen molar-refractivity contribution in [2.45, 2.75) is 6.54 Å². The Balaban J connectivity index is 1.62. The zero-order valence-corrected chi connectivity index (χ0v) is 15.7. The number of imidazole rings is 1. The molecule has 0 unspecified atom stereocenters. The second-order valence-electron chi connectivity index (χ2n) is 6.67. The molecule has 0 atom stereocenters. The molecular formula is C22H17N5O2. The molecule has 142 valence electrons. The Hall–Kier alpha value is -4.00. The fraction of sp³-hybridized carbons (Fsp3) is 0.0909. The average molecular weight is 383 g/mol. The van der Waals surface area contributed by atoms with E-state index in [0.29, 0.717) is 23.5 Å². The zero-order chi connectivity index (χ0) is 19.8. The van der Waals surface area contributed by atoms with Crippen LogP contribution in [0, 0.1) is 0 Å². The SMILES string of the molecule is COc1ccc(Cn2c(=O)[nH]c3ncc(-c4cccc5ncccc45)nc32)cc1. The molecule has 1 N–H and O–H groups in total. The Labute approximate surface area is 165 Å². The summed E-state index contributed by atoms with van der Waals surface area (Å²) < 4.78 is 6.79. The quantitative estimate of drug-likeness (QED) is 0.514. The number of hydrogen-bond acceptors (Lipinski definition) is 5. The van der Waals surface area contributed by atoms with E-state index in [1.54, 1.807) is 24.1 Å². The van der Waals surface area contributed by atoms with E-state index in [4.69, 9.17) is 9.72 Å². The molecule has 0 bridgehead atoms. The van der Waals surface area contributed by atoms with Crippen molar-refractivity contribution in [1.82, 2.24) is 24.5 Å². The van der Waals surface area contributed by atoms with Gasteiger partial charge in [0.2, 0.25) is 0 Å². The van der Waals surface area contributed by atoms with Crippen molar-refractivity contribution in [3.05, 3.63) is 83.0 Å². The van der Waals surface area contributed by atoms with Gasteiger partial charge in [-0.25, -0.2) is 14.8 Å². The van der Waals surface area contributed by atoms with Gasteiger partial charge in [0.25, 0.3) is 0 Å². The molecular weight excluding hydrogens is 366 g/mol. The topological polar surface area (TPSA) is 85.7 Å². The third kappa shape index (κ3) is 3.02. The number of nitrogens with zero attached hydrogens (tertiary/aromatic N) is 4. The molecule has 0 amide bonds. The summed E-state index contributed by atoms with van der Waals surface area (Å²) in [7, 11) is 1.62. The zero-order valence-electron chi connectivity index (χ0n) is 15.7. The first kappa shape index (κ1) is 17.1. The standard InChI is InChI=1S/C22H17N5O2/c1-29-15-9-7-14(8-10-15)13-27-21-20(26-22(27)28)24-12-19(25-21)17-4-2-6-18-16(17)5-3-11-23-18/h2-12H,13H2,1H3,(H,24,26,28). The van der Waals surface area contributed by atoms with Crippen molar-refractivity contribution in [3.63, 3.8) is 0 Å². The van der Waals surface area contributed by atoms with E-state index in [-0.39, 0.29) is 5.69 Å². The Morgan fingerprint density at radius 1 is 1.03 bits per heavy atom. The van der Waals surface area contributed by atoms with E-state index in [2.05, 4.69) is 15.0 Å². The summed E-state index contributed by atoms with van der Waals surface area (Å²) in [6.45, 7) is 0.387. The Bertz CT molecular complexity index is 1380. The Morgan fingerprint density at radius 2 is 1.90 bits per heavy atom. The molecule has 0 aliphatic heterocycles. The summed E-state index contributed by atoms with van der Waals surface area (Å²) in [6, 6.07) is 17.4. The van der Waals surface area contributed by atoms with Gasteiger partial charge in [0.15, 0.2) is 11.3 Å². The fourth-order valence-electron chi connectivity index (χ4n) is 3.44. The molecule has 7 nitrogen and oxygen atoms in total. The largest absolute Gasteiger partial charge is 0.497 e. The van der Waals surface area contributed by atoms with Gasteiger partial charge in [0.1, 0.15) is 5.75 Å². The molecule has 0 aliphatic rings. The van der Waals surface area contributed by atoms with Crippen molar-refractivity contribution in [3.8, 4) is 17.0 Å². The van der Waals surface area contributed by atoms with E-state index in [9.17, 15) is 4.79 Å².